The van der Waals surface area contributed by atoms with Gasteiger partial charge in [0.25, 0.3) is 0 Å². The number of aromatic carboxylic acids is 1. The maximum absolute atomic E-state index is 13.5. The van der Waals surface area contributed by atoms with Crippen molar-refractivity contribution < 1.29 is 23.4 Å². The summed E-state index contributed by atoms with van der Waals surface area (Å²) in [7, 11) is 1.44. The summed E-state index contributed by atoms with van der Waals surface area (Å²) >= 11 is 0. The van der Waals surface area contributed by atoms with Gasteiger partial charge in [0.05, 0.1) is 12.5 Å². The number of rotatable bonds is 2. The van der Waals surface area contributed by atoms with Crippen molar-refractivity contribution in [3.8, 4) is 5.75 Å². The van der Waals surface area contributed by atoms with Gasteiger partial charge in [-0.05, 0) is 18.2 Å². The van der Waals surface area contributed by atoms with Crippen LogP contribution in [0.4, 0.5) is 4.39 Å². The average molecular weight is 210 g/mol. The molecule has 0 radical (unpaired) electrons. The molecule has 0 spiro atoms. The predicted octanol–water partition coefficient (Wildman–Crippen LogP) is 2.28. The molecule has 0 aliphatic heterocycles. The first-order chi connectivity index (χ1) is 7.13. The molecule has 5 heteroatoms. The Kier molecular flexibility index (Phi) is 2.07. The lowest BCUT2D eigenvalue weighted by Crippen LogP contribution is -1.95. The highest BCUT2D eigenvalue weighted by Crippen LogP contribution is 2.27. The molecule has 78 valence electrons. The van der Waals surface area contributed by atoms with Crippen molar-refractivity contribution in [2.75, 3.05) is 7.11 Å². The van der Waals surface area contributed by atoms with Gasteiger partial charge in [0.1, 0.15) is 11.3 Å². The molecule has 2 aromatic rings. The summed E-state index contributed by atoms with van der Waals surface area (Å²) in [5.41, 5.74) is 0.186. The molecule has 0 saturated heterocycles. The van der Waals surface area contributed by atoms with Crippen LogP contribution >= 0.6 is 0 Å². The highest BCUT2D eigenvalue weighted by molar-refractivity contribution is 5.92. The highest BCUT2D eigenvalue weighted by atomic mass is 19.1. The molecule has 1 aromatic carbocycles. The number of hydrogen-bond donors (Lipinski definition) is 1. The number of halogens is 1. The molecule has 0 aliphatic rings. The Labute approximate surface area is 83.9 Å². The van der Waals surface area contributed by atoms with Crippen LogP contribution in [0.25, 0.3) is 11.0 Å². The first-order valence-corrected chi connectivity index (χ1v) is 4.13. The van der Waals surface area contributed by atoms with Crippen LogP contribution in [0.5, 0.6) is 5.75 Å². The zero-order valence-electron chi connectivity index (χ0n) is 7.78. The van der Waals surface area contributed by atoms with E-state index in [-0.39, 0.29) is 11.0 Å². The summed E-state index contributed by atoms with van der Waals surface area (Å²) in [5.74, 6) is -2.54. The SMILES string of the molecule is COc1ccc2oc(C(=O)O)c(F)c2c1. The lowest BCUT2D eigenvalue weighted by atomic mass is 10.2. The molecule has 0 amide bonds. The van der Waals surface area contributed by atoms with Gasteiger partial charge < -0.3 is 14.3 Å². The van der Waals surface area contributed by atoms with E-state index >= 15 is 0 Å². The van der Waals surface area contributed by atoms with Crippen molar-refractivity contribution in [1.29, 1.82) is 0 Å². The number of hydrogen-bond acceptors (Lipinski definition) is 3. The number of furan rings is 1. The first-order valence-electron chi connectivity index (χ1n) is 4.13. The van der Waals surface area contributed by atoms with E-state index in [1.807, 2.05) is 0 Å². The van der Waals surface area contributed by atoms with Crippen LogP contribution in [0, 0.1) is 5.82 Å². The van der Waals surface area contributed by atoms with Crippen LogP contribution < -0.4 is 4.74 Å². The Bertz CT molecular complexity index is 529. The third-order valence-electron chi connectivity index (χ3n) is 2.03. The molecule has 2 rings (SSSR count). The van der Waals surface area contributed by atoms with Crippen LogP contribution in [0.3, 0.4) is 0 Å². The van der Waals surface area contributed by atoms with Gasteiger partial charge >= 0.3 is 5.97 Å². The van der Waals surface area contributed by atoms with Gasteiger partial charge in [0, 0.05) is 0 Å². The van der Waals surface area contributed by atoms with Gasteiger partial charge in [-0.25, -0.2) is 9.18 Å². The van der Waals surface area contributed by atoms with Crippen LogP contribution in [0.1, 0.15) is 10.6 Å². The molecule has 0 unspecified atom stereocenters. The largest absolute Gasteiger partial charge is 0.497 e. The molecule has 0 aliphatic carbocycles. The van der Waals surface area contributed by atoms with E-state index in [4.69, 9.17) is 14.3 Å². The van der Waals surface area contributed by atoms with Crippen LogP contribution in [0.2, 0.25) is 0 Å². The van der Waals surface area contributed by atoms with Crippen molar-refractivity contribution in [3.63, 3.8) is 0 Å². The second-order valence-electron chi connectivity index (χ2n) is 2.91. The van der Waals surface area contributed by atoms with Crippen LogP contribution in [0.15, 0.2) is 22.6 Å². The minimum atomic E-state index is -1.43. The molecule has 1 N–H and O–H groups in total. The normalized spacial score (nSPS) is 10.5. The van der Waals surface area contributed by atoms with Gasteiger partial charge in [0.15, 0.2) is 5.82 Å². The molecule has 1 aromatic heterocycles. The fourth-order valence-electron chi connectivity index (χ4n) is 1.31. The highest BCUT2D eigenvalue weighted by Gasteiger charge is 2.20. The third-order valence-corrected chi connectivity index (χ3v) is 2.03. The Morgan fingerprint density at radius 3 is 2.87 bits per heavy atom. The monoisotopic (exact) mass is 210 g/mol. The molecule has 0 saturated carbocycles. The zero-order chi connectivity index (χ0) is 11.0. The van der Waals surface area contributed by atoms with Crippen molar-refractivity contribution >= 4 is 16.9 Å². The number of carboxylic acids is 1. The summed E-state index contributed by atoms with van der Waals surface area (Å²) < 4.78 is 23.2. The van der Waals surface area contributed by atoms with E-state index in [0.717, 1.165) is 0 Å². The molecule has 0 bridgehead atoms. The summed E-state index contributed by atoms with van der Waals surface area (Å²) in [6, 6.07) is 4.42. The maximum Gasteiger partial charge on any atom is 0.374 e. The van der Waals surface area contributed by atoms with E-state index in [0.29, 0.717) is 5.75 Å². The van der Waals surface area contributed by atoms with Crippen molar-refractivity contribution in [3.05, 3.63) is 29.8 Å². The van der Waals surface area contributed by atoms with E-state index in [9.17, 15) is 9.18 Å². The smallest absolute Gasteiger partial charge is 0.374 e. The van der Waals surface area contributed by atoms with Crippen molar-refractivity contribution in [1.82, 2.24) is 0 Å². The number of methoxy groups -OCH3 is 1. The van der Waals surface area contributed by atoms with Crippen molar-refractivity contribution in [2.24, 2.45) is 0 Å². The lowest BCUT2D eigenvalue weighted by molar-refractivity contribution is 0.0658. The molecular formula is C10H7FO4. The molecule has 0 fully saturated rings. The van der Waals surface area contributed by atoms with Gasteiger partial charge in [-0.15, -0.1) is 0 Å². The Hall–Kier alpha value is -2.04. The molecule has 15 heavy (non-hydrogen) atoms. The zero-order valence-corrected chi connectivity index (χ0v) is 7.78. The average Bonchev–Trinajstić information content (AvgIpc) is 2.56. The summed E-state index contributed by atoms with van der Waals surface area (Å²) in [4.78, 5) is 10.6. The topological polar surface area (TPSA) is 59.7 Å². The quantitative estimate of drug-likeness (QED) is 0.825. The molecule has 0 atom stereocenters. The van der Waals surface area contributed by atoms with E-state index < -0.39 is 17.5 Å². The van der Waals surface area contributed by atoms with Crippen LogP contribution in [-0.4, -0.2) is 18.2 Å². The van der Waals surface area contributed by atoms with Gasteiger partial charge in [-0.2, -0.15) is 0 Å². The minimum Gasteiger partial charge on any atom is -0.497 e. The first kappa shape index (κ1) is 9.51. The number of benzene rings is 1. The Morgan fingerprint density at radius 2 is 2.27 bits per heavy atom. The summed E-state index contributed by atoms with van der Waals surface area (Å²) in [5, 5.41) is 8.73. The maximum atomic E-state index is 13.5. The second-order valence-corrected chi connectivity index (χ2v) is 2.91. The second kappa shape index (κ2) is 3.27. The van der Waals surface area contributed by atoms with E-state index in [1.54, 1.807) is 6.07 Å². The summed E-state index contributed by atoms with van der Waals surface area (Å²) in [6.07, 6.45) is 0. The predicted molar refractivity (Wildman–Crippen MR) is 49.7 cm³/mol. The molecule has 1 heterocycles. The number of carbonyl (C=O) groups is 1. The van der Waals surface area contributed by atoms with E-state index in [2.05, 4.69) is 0 Å². The number of carboxylic acid groups (broad SMARTS) is 1. The lowest BCUT2D eigenvalue weighted by Gasteiger charge is -1.96. The fraction of sp³-hybridized carbons (Fsp3) is 0.100. The summed E-state index contributed by atoms with van der Waals surface area (Å²) in [6.45, 7) is 0. The molecule has 4 nitrogen and oxygen atoms in total. The fourth-order valence-corrected chi connectivity index (χ4v) is 1.31. The molecular weight excluding hydrogens is 203 g/mol. The van der Waals surface area contributed by atoms with Gasteiger partial charge in [-0.1, -0.05) is 0 Å². The number of fused-ring (bicyclic) bond motifs is 1. The third kappa shape index (κ3) is 1.41. The Balaban J connectivity index is 2.72. The van der Waals surface area contributed by atoms with E-state index in [1.165, 1.54) is 19.2 Å². The van der Waals surface area contributed by atoms with Crippen LogP contribution in [-0.2, 0) is 0 Å². The Morgan fingerprint density at radius 1 is 1.53 bits per heavy atom. The van der Waals surface area contributed by atoms with Crippen molar-refractivity contribution in [2.45, 2.75) is 0 Å². The van der Waals surface area contributed by atoms with Gasteiger partial charge in [-0.3, -0.25) is 0 Å². The standard InChI is InChI=1S/C10H7FO4/c1-14-5-2-3-7-6(4-5)8(11)9(15-7)10(12)13/h2-4H,1H3,(H,12,13). The van der Waals surface area contributed by atoms with Gasteiger partial charge in [0.2, 0.25) is 5.76 Å². The number of ether oxygens (including phenoxy) is 1. The minimum absolute atomic E-state index is 0.103.